The fourth-order valence-electron chi connectivity index (χ4n) is 8.89. The number of nitrogens with zero attached hydrogens (tertiary/aromatic N) is 3. The maximum absolute atomic E-state index is 14.6. The van der Waals surface area contributed by atoms with Gasteiger partial charge in [0.05, 0.1) is 11.7 Å². The first kappa shape index (κ1) is 29.2. The summed E-state index contributed by atoms with van der Waals surface area (Å²) in [7, 11) is -3.37. The van der Waals surface area contributed by atoms with Gasteiger partial charge in [-0.1, -0.05) is 49.2 Å². The van der Waals surface area contributed by atoms with E-state index in [4.69, 9.17) is 9.51 Å². The van der Waals surface area contributed by atoms with Crippen molar-refractivity contribution < 1.29 is 22.1 Å². The first-order valence-electron chi connectivity index (χ1n) is 16.4. The van der Waals surface area contributed by atoms with Crippen molar-refractivity contribution in [2.45, 2.75) is 94.1 Å². The molecule has 9 rings (SSSR count). The molecule has 0 spiro atoms. The van der Waals surface area contributed by atoms with Gasteiger partial charge in [-0.3, -0.25) is 9.52 Å². The first-order chi connectivity index (χ1) is 21.4. The van der Waals surface area contributed by atoms with Gasteiger partial charge in [0.1, 0.15) is 5.67 Å². The number of benzene rings is 2. The normalized spacial score (nSPS) is 32.6. The second-order valence-electron chi connectivity index (χ2n) is 15.3. The van der Waals surface area contributed by atoms with Crippen LogP contribution in [0.25, 0.3) is 11.1 Å². The van der Waals surface area contributed by atoms with Gasteiger partial charge in [-0.25, -0.2) is 12.8 Å². The van der Waals surface area contributed by atoms with Gasteiger partial charge in [-0.15, -0.1) is 0 Å². The summed E-state index contributed by atoms with van der Waals surface area (Å²) in [5, 5.41) is 4.52. The molecule has 3 atom stereocenters. The number of carbonyl (C=O) groups excluding carboxylic acids is 1. The van der Waals surface area contributed by atoms with Crippen LogP contribution < -0.4 is 9.62 Å². The predicted molar refractivity (Wildman–Crippen MR) is 170 cm³/mol. The Labute approximate surface area is 264 Å². The predicted octanol–water partition coefficient (Wildman–Crippen LogP) is 6.92. The number of alkyl halides is 1. The smallest absolute Gasteiger partial charge is 0.233 e. The lowest BCUT2D eigenvalue weighted by molar-refractivity contribution is -0.211. The molecule has 3 unspecified atom stereocenters. The number of sulfonamides is 1. The molecule has 1 N–H and O–H groups in total. The van der Waals surface area contributed by atoms with Gasteiger partial charge in [0, 0.05) is 28.7 Å². The molecule has 2 aromatic carbocycles. The number of halogens is 1. The van der Waals surface area contributed by atoms with Crippen LogP contribution in [0.15, 0.2) is 53.1 Å². The second-order valence-corrected chi connectivity index (χ2v) is 17.0. The summed E-state index contributed by atoms with van der Waals surface area (Å²) in [5.41, 5.74) is 1.47. The minimum Gasteiger partial charge on any atom is -0.339 e. The van der Waals surface area contributed by atoms with Gasteiger partial charge >= 0.3 is 0 Å². The summed E-state index contributed by atoms with van der Waals surface area (Å²) in [4.78, 5) is 21.2. The maximum Gasteiger partial charge on any atom is 0.233 e. The molecule has 6 fully saturated rings. The average molecular weight is 633 g/mol. The Hall–Kier alpha value is -3.27. The number of hydrogen-bond donors (Lipinski definition) is 1. The third kappa shape index (κ3) is 5.07. The number of fused-ring (bicyclic) bond motifs is 2. The quantitative estimate of drug-likeness (QED) is 0.275. The summed E-state index contributed by atoms with van der Waals surface area (Å²) in [5.74, 6) is 2.53. The lowest BCUT2D eigenvalue weighted by atomic mass is 9.42. The Kier molecular flexibility index (Phi) is 6.39. The van der Waals surface area contributed by atoms with Crippen molar-refractivity contribution in [1.82, 2.24) is 10.1 Å². The highest BCUT2D eigenvalue weighted by molar-refractivity contribution is 7.92. The van der Waals surface area contributed by atoms with Crippen LogP contribution in [0.5, 0.6) is 0 Å². The summed E-state index contributed by atoms with van der Waals surface area (Å²) >= 11 is 0. The number of carbonyl (C=O) groups is 1. The van der Waals surface area contributed by atoms with Gasteiger partial charge in [0.15, 0.2) is 5.82 Å². The molecule has 1 amide bonds. The standard InChI is InChI=1S/C35H41FN4O4S/c1-32(15-16-32)30-37-29(38-44-30)33-13-4-6-25(18-33)26(12-14-33)19-40(31(41)34-20-35(36,21-34)22-34)28-7-3-5-24(17-28)23-8-10-27(11-9-23)39-45(2,42)43/h3,5,7-11,17,25-26,39H,4,6,12-16,18-22H2,1-2H3. The summed E-state index contributed by atoms with van der Waals surface area (Å²) in [6.45, 7) is 2.82. The highest BCUT2D eigenvalue weighted by atomic mass is 32.2. The second kappa shape index (κ2) is 9.86. The van der Waals surface area contributed by atoms with E-state index in [0.29, 0.717) is 43.3 Å². The van der Waals surface area contributed by atoms with Crippen molar-refractivity contribution >= 4 is 27.3 Å². The minimum atomic E-state index is -3.37. The zero-order chi connectivity index (χ0) is 31.2. The summed E-state index contributed by atoms with van der Waals surface area (Å²) in [6, 6.07) is 15.2. The number of anilines is 2. The molecule has 0 radical (unpaired) electrons. The summed E-state index contributed by atoms with van der Waals surface area (Å²) in [6.07, 6.45) is 10.7. The fourth-order valence-corrected chi connectivity index (χ4v) is 9.46. The molecule has 6 aliphatic rings. The lowest BCUT2D eigenvalue weighted by Crippen LogP contribution is -2.70. The highest BCUT2D eigenvalue weighted by Crippen LogP contribution is 2.70. The first-order valence-corrected chi connectivity index (χ1v) is 18.3. The number of aromatic nitrogens is 2. The number of nitrogens with one attached hydrogen (secondary N) is 1. The van der Waals surface area contributed by atoms with E-state index >= 15 is 0 Å². The third-order valence-corrected chi connectivity index (χ3v) is 12.3. The maximum atomic E-state index is 14.6. The monoisotopic (exact) mass is 632 g/mol. The van der Waals surface area contributed by atoms with Crippen LogP contribution in [0.2, 0.25) is 0 Å². The van der Waals surface area contributed by atoms with Crippen LogP contribution in [0.3, 0.4) is 0 Å². The Bertz CT molecular complexity index is 1750. The number of rotatable bonds is 9. The lowest BCUT2D eigenvalue weighted by Gasteiger charge is -2.65. The van der Waals surface area contributed by atoms with E-state index in [0.717, 1.165) is 86.2 Å². The van der Waals surface area contributed by atoms with E-state index in [1.54, 1.807) is 12.1 Å². The summed E-state index contributed by atoms with van der Waals surface area (Å²) < 4.78 is 46.2. The van der Waals surface area contributed by atoms with E-state index in [1.165, 1.54) is 0 Å². The van der Waals surface area contributed by atoms with Crippen LogP contribution in [0.4, 0.5) is 15.8 Å². The molecule has 4 bridgehead atoms. The molecule has 3 aromatic rings. The molecule has 8 nitrogen and oxygen atoms in total. The van der Waals surface area contributed by atoms with Crippen molar-refractivity contribution in [3.8, 4) is 11.1 Å². The molecule has 0 saturated heterocycles. The molecular formula is C35H41FN4O4S. The molecule has 6 saturated carbocycles. The van der Waals surface area contributed by atoms with E-state index in [2.05, 4.69) is 16.8 Å². The molecule has 6 aliphatic carbocycles. The van der Waals surface area contributed by atoms with Gasteiger partial charge in [-0.05, 0) is 105 Å². The topological polar surface area (TPSA) is 105 Å². The van der Waals surface area contributed by atoms with Crippen molar-refractivity contribution in [3.63, 3.8) is 0 Å². The minimum absolute atomic E-state index is 0.0479. The number of hydrogen-bond acceptors (Lipinski definition) is 6. The van der Waals surface area contributed by atoms with E-state index in [9.17, 15) is 17.6 Å². The Balaban J connectivity index is 1.05. The largest absolute Gasteiger partial charge is 0.339 e. The molecule has 10 heteroatoms. The SMILES string of the molecule is CC1(c2nc(C34CCCC(C3)C(CN(C(=O)C35CC(F)(C3)C5)c3cccc(-c5ccc(NS(C)(=O)=O)cc5)c3)CC4)no2)CC1. The zero-order valence-corrected chi connectivity index (χ0v) is 26.8. The molecule has 1 heterocycles. The van der Waals surface area contributed by atoms with Crippen LogP contribution in [0.1, 0.15) is 89.3 Å². The van der Waals surface area contributed by atoms with Gasteiger partial charge in [0.2, 0.25) is 21.8 Å². The zero-order valence-electron chi connectivity index (χ0n) is 26.0. The molecule has 45 heavy (non-hydrogen) atoms. The van der Waals surface area contributed by atoms with Crippen LogP contribution in [0, 0.1) is 17.3 Å². The molecule has 238 valence electrons. The van der Waals surface area contributed by atoms with Crippen molar-refractivity contribution in [1.29, 1.82) is 0 Å². The van der Waals surface area contributed by atoms with E-state index in [1.807, 2.05) is 41.3 Å². The highest BCUT2D eigenvalue weighted by Gasteiger charge is 2.73. The van der Waals surface area contributed by atoms with E-state index in [-0.39, 0.29) is 16.7 Å². The Morgan fingerprint density at radius 1 is 1.04 bits per heavy atom. The van der Waals surface area contributed by atoms with Crippen molar-refractivity contribution in [2.75, 3.05) is 22.4 Å². The van der Waals surface area contributed by atoms with Crippen molar-refractivity contribution in [2.24, 2.45) is 17.3 Å². The molecule has 0 aliphatic heterocycles. The van der Waals surface area contributed by atoms with E-state index < -0.39 is 21.1 Å². The fraction of sp³-hybridized carbons (Fsp3) is 0.571. The van der Waals surface area contributed by atoms with Gasteiger partial charge < -0.3 is 9.42 Å². The van der Waals surface area contributed by atoms with Crippen LogP contribution in [-0.4, -0.2) is 42.9 Å². The van der Waals surface area contributed by atoms with Crippen LogP contribution >= 0.6 is 0 Å². The third-order valence-electron chi connectivity index (χ3n) is 11.7. The number of amides is 1. The van der Waals surface area contributed by atoms with Gasteiger partial charge in [0.25, 0.3) is 0 Å². The van der Waals surface area contributed by atoms with Crippen molar-refractivity contribution in [3.05, 3.63) is 60.2 Å². The van der Waals surface area contributed by atoms with Crippen LogP contribution in [-0.2, 0) is 25.6 Å². The average Bonchev–Trinajstić information content (AvgIpc) is 3.51. The molecule has 1 aromatic heterocycles. The van der Waals surface area contributed by atoms with Gasteiger partial charge in [-0.2, -0.15) is 4.98 Å². The molecular weight excluding hydrogens is 591 g/mol. The Morgan fingerprint density at radius 3 is 2.49 bits per heavy atom. The Morgan fingerprint density at radius 2 is 1.80 bits per heavy atom.